The lowest BCUT2D eigenvalue weighted by atomic mass is 10.1. The van der Waals surface area contributed by atoms with Crippen LogP contribution in [-0.2, 0) is 6.42 Å². The first-order valence-electron chi connectivity index (χ1n) is 5.54. The smallest absolute Gasteiger partial charge is 0.153 e. The predicted octanol–water partition coefficient (Wildman–Crippen LogP) is 2.00. The number of hydrogen-bond donors (Lipinski definition) is 3. The molecule has 0 radical (unpaired) electrons. The summed E-state index contributed by atoms with van der Waals surface area (Å²) >= 11 is 0. The largest absolute Gasteiger partial charge is 0.508 e. The minimum absolute atomic E-state index is 0.228. The van der Waals surface area contributed by atoms with Crippen LogP contribution in [0.3, 0.4) is 0 Å². The van der Waals surface area contributed by atoms with E-state index < -0.39 is 0 Å². The number of phenolic OH excluding ortho intramolecular Hbond substituents is 1. The van der Waals surface area contributed by atoms with Gasteiger partial charge < -0.3 is 10.1 Å². The molecule has 5 heteroatoms. The molecule has 0 fully saturated rings. The topological polar surface area (TPSA) is 81.8 Å². The van der Waals surface area contributed by atoms with Crippen LogP contribution in [0.4, 0.5) is 0 Å². The molecule has 0 aliphatic rings. The number of nitrogens with one attached hydrogen (secondary N) is 2. The fourth-order valence-electron chi connectivity index (χ4n) is 2.08. The van der Waals surface area contributed by atoms with E-state index in [0.29, 0.717) is 12.0 Å². The van der Waals surface area contributed by atoms with Gasteiger partial charge in [-0.15, -0.1) is 0 Å². The molecule has 0 atom stereocenters. The molecule has 0 amide bonds. The lowest BCUT2D eigenvalue weighted by Crippen LogP contribution is -1.92. The van der Waals surface area contributed by atoms with Crippen molar-refractivity contribution in [3.8, 4) is 5.75 Å². The number of hydrogen-bond acceptors (Lipinski definition) is 3. The number of carbonyl (C=O) groups excluding carboxylic acids is 1. The predicted molar refractivity (Wildman–Crippen MR) is 66.7 cm³/mol. The standard InChI is InChI=1S/C13H11N3O2/c17-7-9-6-15-16-12(9)3-8-5-14-13-4-10(18)1-2-11(8)13/h1-2,4-7,14,18H,3H2,(H,15,16). The highest BCUT2D eigenvalue weighted by molar-refractivity contribution is 5.85. The molecule has 0 aliphatic carbocycles. The SMILES string of the molecule is O=Cc1cn[nH]c1Cc1c[nH]c2cc(O)ccc12. The van der Waals surface area contributed by atoms with Crippen molar-refractivity contribution < 1.29 is 9.90 Å². The molecule has 3 aromatic rings. The molecule has 0 saturated carbocycles. The normalized spacial score (nSPS) is 10.9. The van der Waals surface area contributed by atoms with Gasteiger partial charge in [-0.1, -0.05) is 0 Å². The Morgan fingerprint density at radius 1 is 1.39 bits per heavy atom. The van der Waals surface area contributed by atoms with Crippen LogP contribution in [-0.4, -0.2) is 26.6 Å². The van der Waals surface area contributed by atoms with Gasteiger partial charge in [0.2, 0.25) is 0 Å². The van der Waals surface area contributed by atoms with Gasteiger partial charge in [0.25, 0.3) is 0 Å². The van der Waals surface area contributed by atoms with Crippen LogP contribution in [0.2, 0.25) is 0 Å². The number of aromatic hydroxyl groups is 1. The number of benzene rings is 1. The van der Waals surface area contributed by atoms with E-state index in [1.165, 1.54) is 6.20 Å². The van der Waals surface area contributed by atoms with Crippen LogP contribution in [0.1, 0.15) is 21.6 Å². The Morgan fingerprint density at radius 2 is 2.28 bits per heavy atom. The molecule has 2 aromatic heterocycles. The quantitative estimate of drug-likeness (QED) is 0.613. The summed E-state index contributed by atoms with van der Waals surface area (Å²) in [6.07, 6.45) is 4.78. The van der Waals surface area contributed by atoms with Crippen LogP contribution in [0.5, 0.6) is 5.75 Å². The Morgan fingerprint density at radius 3 is 3.11 bits per heavy atom. The molecule has 2 heterocycles. The molecule has 0 bridgehead atoms. The molecule has 5 nitrogen and oxygen atoms in total. The summed E-state index contributed by atoms with van der Waals surface area (Å²) in [5.41, 5.74) is 3.29. The first-order valence-corrected chi connectivity index (χ1v) is 5.54. The third-order valence-corrected chi connectivity index (χ3v) is 3.00. The van der Waals surface area contributed by atoms with Crippen molar-refractivity contribution in [2.24, 2.45) is 0 Å². The number of aromatic nitrogens is 3. The number of fused-ring (bicyclic) bond motifs is 1. The Kier molecular flexibility index (Phi) is 2.37. The van der Waals surface area contributed by atoms with Crippen molar-refractivity contribution in [2.45, 2.75) is 6.42 Å². The summed E-state index contributed by atoms with van der Waals surface area (Å²) in [6, 6.07) is 5.17. The zero-order valence-corrected chi connectivity index (χ0v) is 9.47. The van der Waals surface area contributed by atoms with E-state index in [1.54, 1.807) is 12.1 Å². The summed E-state index contributed by atoms with van der Waals surface area (Å²) < 4.78 is 0. The maximum atomic E-state index is 10.8. The lowest BCUT2D eigenvalue weighted by molar-refractivity contribution is 0.112. The van der Waals surface area contributed by atoms with E-state index in [0.717, 1.165) is 28.4 Å². The number of aldehydes is 1. The van der Waals surface area contributed by atoms with Gasteiger partial charge in [0, 0.05) is 29.6 Å². The van der Waals surface area contributed by atoms with Gasteiger partial charge in [-0.3, -0.25) is 9.89 Å². The third-order valence-electron chi connectivity index (χ3n) is 3.00. The van der Waals surface area contributed by atoms with Gasteiger partial charge in [-0.25, -0.2) is 0 Å². The highest BCUT2D eigenvalue weighted by Gasteiger charge is 2.09. The van der Waals surface area contributed by atoms with Crippen molar-refractivity contribution in [3.05, 3.63) is 47.4 Å². The molecule has 3 N–H and O–H groups in total. The monoisotopic (exact) mass is 241 g/mol. The van der Waals surface area contributed by atoms with Gasteiger partial charge in [0.1, 0.15) is 5.75 Å². The Labute approximate surface area is 102 Å². The summed E-state index contributed by atoms with van der Waals surface area (Å²) in [5, 5.41) is 17.1. The maximum absolute atomic E-state index is 10.8. The molecule has 1 aromatic carbocycles. The molecule has 0 unspecified atom stereocenters. The van der Waals surface area contributed by atoms with Crippen LogP contribution in [0, 0.1) is 0 Å². The van der Waals surface area contributed by atoms with Gasteiger partial charge in [-0.05, 0) is 17.7 Å². The van der Waals surface area contributed by atoms with E-state index in [2.05, 4.69) is 15.2 Å². The third kappa shape index (κ3) is 1.66. The number of nitrogens with zero attached hydrogens (tertiary/aromatic N) is 1. The first-order chi connectivity index (χ1) is 8.78. The average molecular weight is 241 g/mol. The summed E-state index contributed by atoms with van der Waals surface area (Å²) in [4.78, 5) is 13.9. The molecule has 0 spiro atoms. The fraction of sp³-hybridized carbons (Fsp3) is 0.0769. The summed E-state index contributed by atoms with van der Waals surface area (Å²) in [5.74, 6) is 0.228. The van der Waals surface area contributed by atoms with E-state index in [1.807, 2.05) is 12.3 Å². The molecule has 0 saturated heterocycles. The highest BCUT2D eigenvalue weighted by atomic mass is 16.3. The number of phenols is 1. The van der Waals surface area contributed by atoms with Gasteiger partial charge in [0.15, 0.2) is 6.29 Å². The van der Waals surface area contributed by atoms with Crippen LogP contribution < -0.4 is 0 Å². The van der Waals surface area contributed by atoms with Crippen molar-refractivity contribution >= 4 is 17.2 Å². The highest BCUT2D eigenvalue weighted by Crippen LogP contribution is 2.24. The Hall–Kier alpha value is -2.56. The van der Waals surface area contributed by atoms with Crippen molar-refractivity contribution in [1.82, 2.24) is 15.2 Å². The molecular formula is C13H11N3O2. The molecule has 18 heavy (non-hydrogen) atoms. The summed E-state index contributed by atoms with van der Waals surface area (Å²) in [7, 11) is 0. The Bertz CT molecular complexity index is 712. The van der Waals surface area contributed by atoms with Crippen molar-refractivity contribution in [3.63, 3.8) is 0 Å². The number of carbonyl (C=O) groups is 1. The van der Waals surface area contributed by atoms with Crippen molar-refractivity contribution in [2.75, 3.05) is 0 Å². The minimum atomic E-state index is 0.228. The Balaban J connectivity index is 2.03. The fourth-order valence-corrected chi connectivity index (χ4v) is 2.08. The molecular weight excluding hydrogens is 230 g/mol. The number of rotatable bonds is 3. The van der Waals surface area contributed by atoms with E-state index in [4.69, 9.17) is 0 Å². The zero-order valence-electron chi connectivity index (χ0n) is 9.47. The number of H-pyrrole nitrogens is 2. The summed E-state index contributed by atoms with van der Waals surface area (Å²) in [6.45, 7) is 0. The van der Waals surface area contributed by atoms with E-state index in [-0.39, 0.29) is 5.75 Å². The van der Waals surface area contributed by atoms with Gasteiger partial charge in [0.05, 0.1) is 17.5 Å². The molecule has 90 valence electrons. The van der Waals surface area contributed by atoms with Gasteiger partial charge in [-0.2, -0.15) is 5.10 Å². The second-order valence-corrected chi connectivity index (χ2v) is 4.14. The van der Waals surface area contributed by atoms with Crippen molar-refractivity contribution in [1.29, 1.82) is 0 Å². The zero-order chi connectivity index (χ0) is 12.5. The van der Waals surface area contributed by atoms with Crippen LogP contribution in [0.25, 0.3) is 10.9 Å². The second-order valence-electron chi connectivity index (χ2n) is 4.14. The molecule has 3 rings (SSSR count). The van der Waals surface area contributed by atoms with Crippen LogP contribution >= 0.6 is 0 Å². The minimum Gasteiger partial charge on any atom is -0.508 e. The number of aromatic amines is 2. The first kappa shape index (κ1) is 10.6. The van der Waals surface area contributed by atoms with E-state index >= 15 is 0 Å². The van der Waals surface area contributed by atoms with Gasteiger partial charge >= 0.3 is 0 Å². The van der Waals surface area contributed by atoms with Crippen LogP contribution in [0.15, 0.2) is 30.6 Å². The average Bonchev–Trinajstić information content (AvgIpc) is 2.96. The molecule has 0 aliphatic heterocycles. The maximum Gasteiger partial charge on any atom is 0.153 e. The lowest BCUT2D eigenvalue weighted by Gasteiger charge is -1.98. The van der Waals surface area contributed by atoms with E-state index in [9.17, 15) is 9.90 Å². The second kappa shape index (κ2) is 4.03.